The zero-order valence-electron chi connectivity index (χ0n) is 12.3. The van der Waals surface area contributed by atoms with E-state index in [1.807, 2.05) is 0 Å². The van der Waals surface area contributed by atoms with Crippen LogP contribution in [0.15, 0.2) is 36.9 Å². The van der Waals surface area contributed by atoms with Crippen LogP contribution in [0.25, 0.3) is 0 Å². The molecule has 0 spiro atoms. The van der Waals surface area contributed by atoms with Gasteiger partial charge in [0.15, 0.2) is 0 Å². The number of rotatable bonds is 3. The molecule has 1 fully saturated rings. The van der Waals surface area contributed by atoms with E-state index in [1.54, 1.807) is 23.1 Å². The minimum Gasteiger partial charge on any atom is -0.489 e. The zero-order valence-corrected chi connectivity index (χ0v) is 13.8. The van der Waals surface area contributed by atoms with E-state index in [4.69, 9.17) is 27.9 Å². The van der Waals surface area contributed by atoms with Crippen LogP contribution in [0.4, 0.5) is 0 Å². The molecule has 0 N–H and O–H groups in total. The van der Waals surface area contributed by atoms with E-state index in [1.165, 1.54) is 18.7 Å². The van der Waals surface area contributed by atoms with Crippen LogP contribution in [-0.2, 0) is 0 Å². The fourth-order valence-electron chi connectivity index (χ4n) is 2.55. The molecule has 5 nitrogen and oxygen atoms in total. The molecule has 1 aliphatic rings. The Morgan fingerprint density at radius 2 is 2.00 bits per heavy atom. The summed E-state index contributed by atoms with van der Waals surface area (Å²) >= 11 is 11.9. The molecule has 2 heterocycles. The van der Waals surface area contributed by atoms with Gasteiger partial charge in [-0.2, -0.15) is 0 Å². The van der Waals surface area contributed by atoms with Crippen LogP contribution in [0.5, 0.6) is 5.75 Å². The molecule has 1 atom stereocenters. The van der Waals surface area contributed by atoms with Crippen molar-refractivity contribution in [2.24, 2.45) is 0 Å². The van der Waals surface area contributed by atoms with E-state index in [0.29, 0.717) is 34.4 Å². The summed E-state index contributed by atoms with van der Waals surface area (Å²) in [5.74, 6) is 0.579. The molecule has 0 bridgehead atoms. The number of carbonyl (C=O) groups excluding carboxylic acids is 1. The van der Waals surface area contributed by atoms with Crippen LogP contribution >= 0.6 is 23.2 Å². The highest BCUT2D eigenvalue weighted by atomic mass is 35.5. The molecule has 1 saturated heterocycles. The summed E-state index contributed by atoms with van der Waals surface area (Å²) in [6.45, 7) is 1.23. The number of likely N-dealkylation sites (tertiary alicyclic amines) is 1. The van der Waals surface area contributed by atoms with Crippen LogP contribution < -0.4 is 4.74 Å². The first kappa shape index (κ1) is 16.0. The maximum Gasteiger partial charge on any atom is 0.257 e. The Labute approximate surface area is 144 Å². The number of hydrogen-bond acceptors (Lipinski definition) is 4. The average molecular weight is 352 g/mol. The third kappa shape index (κ3) is 3.92. The first-order chi connectivity index (χ1) is 11.1. The minimum atomic E-state index is -0.0759. The first-order valence-corrected chi connectivity index (χ1v) is 8.05. The van der Waals surface area contributed by atoms with Crippen molar-refractivity contribution >= 4 is 29.1 Å². The molecule has 1 aromatic heterocycles. The Morgan fingerprint density at radius 1 is 1.22 bits per heavy atom. The fourth-order valence-corrected chi connectivity index (χ4v) is 2.84. The Bertz CT molecular complexity index is 697. The van der Waals surface area contributed by atoms with Gasteiger partial charge in [0.05, 0.1) is 22.2 Å². The van der Waals surface area contributed by atoms with E-state index in [0.717, 1.165) is 12.8 Å². The normalized spacial score (nSPS) is 17.8. The van der Waals surface area contributed by atoms with Crippen molar-refractivity contribution < 1.29 is 9.53 Å². The van der Waals surface area contributed by atoms with Crippen LogP contribution in [-0.4, -0.2) is 40.0 Å². The minimum absolute atomic E-state index is 0.0745. The van der Waals surface area contributed by atoms with Crippen LogP contribution in [0.3, 0.4) is 0 Å². The third-order valence-corrected chi connectivity index (χ3v) is 4.41. The number of hydrogen-bond donors (Lipinski definition) is 0. The summed E-state index contributed by atoms with van der Waals surface area (Å²) in [6, 6.07) is 5.17. The number of halogens is 2. The van der Waals surface area contributed by atoms with Gasteiger partial charge in [0.25, 0.3) is 5.91 Å². The highest BCUT2D eigenvalue weighted by Gasteiger charge is 2.26. The standard InChI is InChI=1S/C16H15Cl2N3O2/c17-14-4-3-12(6-15(14)18)23-13-2-1-5-21(9-13)16(22)11-7-19-10-20-8-11/h3-4,6-8,10,13H,1-2,5,9H2. The number of aromatic nitrogens is 2. The lowest BCUT2D eigenvalue weighted by Gasteiger charge is -2.32. The Balaban J connectivity index is 1.66. The molecule has 1 aliphatic heterocycles. The smallest absolute Gasteiger partial charge is 0.257 e. The second-order valence-corrected chi connectivity index (χ2v) is 6.15. The SMILES string of the molecule is O=C(c1cncnc1)N1CCCC(Oc2ccc(Cl)c(Cl)c2)C1. The van der Waals surface area contributed by atoms with Gasteiger partial charge in [-0.1, -0.05) is 23.2 Å². The average Bonchev–Trinajstić information content (AvgIpc) is 2.58. The molecular weight excluding hydrogens is 337 g/mol. The van der Waals surface area contributed by atoms with Gasteiger partial charge in [-0.15, -0.1) is 0 Å². The van der Waals surface area contributed by atoms with Crippen molar-refractivity contribution in [3.8, 4) is 5.75 Å². The lowest BCUT2D eigenvalue weighted by molar-refractivity contribution is 0.0537. The third-order valence-electron chi connectivity index (χ3n) is 3.67. The molecule has 7 heteroatoms. The Hall–Kier alpha value is -1.85. The largest absolute Gasteiger partial charge is 0.489 e. The van der Waals surface area contributed by atoms with Crippen LogP contribution in [0.2, 0.25) is 10.0 Å². The van der Waals surface area contributed by atoms with Crippen LogP contribution in [0.1, 0.15) is 23.2 Å². The topological polar surface area (TPSA) is 55.3 Å². The van der Waals surface area contributed by atoms with Crippen molar-refractivity contribution in [1.29, 1.82) is 0 Å². The van der Waals surface area contributed by atoms with Crippen molar-refractivity contribution in [2.75, 3.05) is 13.1 Å². The van der Waals surface area contributed by atoms with Gasteiger partial charge in [0.2, 0.25) is 0 Å². The van der Waals surface area contributed by atoms with Crippen molar-refractivity contribution in [3.05, 3.63) is 52.5 Å². The van der Waals surface area contributed by atoms with Crippen LogP contribution in [0, 0.1) is 0 Å². The summed E-state index contributed by atoms with van der Waals surface area (Å²) in [5.41, 5.74) is 0.489. The molecule has 0 radical (unpaired) electrons. The summed E-state index contributed by atoms with van der Waals surface area (Å²) in [4.78, 5) is 22.0. The van der Waals surface area contributed by atoms with E-state index in [9.17, 15) is 4.79 Å². The second-order valence-electron chi connectivity index (χ2n) is 5.34. The summed E-state index contributed by atoms with van der Waals surface area (Å²) < 4.78 is 5.94. The van der Waals surface area contributed by atoms with E-state index in [-0.39, 0.29) is 12.0 Å². The molecule has 3 rings (SSSR count). The second kappa shape index (κ2) is 7.15. The number of piperidine rings is 1. The summed E-state index contributed by atoms with van der Waals surface area (Å²) in [7, 11) is 0. The van der Waals surface area contributed by atoms with Gasteiger partial charge in [-0.25, -0.2) is 9.97 Å². The van der Waals surface area contributed by atoms with Gasteiger partial charge in [0, 0.05) is 25.0 Å². The van der Waals surface area contributed by atoms with Crippen molar-refractivity contribution in [2.45, 2.75) is 18.9 Å². The Morgan fingerprint density at radius 3 is 2.74 bits per heavy atom. The predicted molar refractivity (Wildman–Crippen MR) is 88.0 cm³/mol. The molecule has 23 heavy (non-hydrogen) atoms. The van der Waals surface area contributed by atoms with Gasteiger partial charge in [0.1, 0.15) is 18.2 Å². The predicted octanol–water partition coefficient (Wildman–Crippen LogP) is 3.47. The molecule has 1 amide bonds. The van der Waals surface area contributed by atoms with Crippen molar-refractivity contribution in [1.82, 2.24) is 14.9 Å². The molecule has 0 saturated carbocycles. The lowest BCUT2D eigenvalue weighted by Crippen LogP contribution is -2.44. The van der Waals surface area contributed by atoms with E-state index < -0.39 is 0 Å². The fraction of sp³-hybridized carbons (Fsp3) is 0.312. The molecular formula is C16H15Cl2N3O2. The molecule has 2 aromatic rings. The van der Waals surface area contributed by atoms with E-state index in [2.05, 4.69) is 9.97 Å². The number of amides is 1. The van der Waals surface area contributed by atoms with E-state index >= 15 is 0 Å². The summed E-state index contributed by atoms with van der Waals surface area (Å²) in [5, 5.41) is 0.942. The molecule has 120 valence electrons. The highest BCUT2D eigenvalue weighted by molar-refractivity contribution is 6.42. The molecule has 1 aromatic carbocycles. The van der Waals surface area contributed by atoms with Crippen molar-refractivity contribution in [3.63, 3.8) is 0 Å². The monoisotopic (exact) mass is 351 g/mol. The maximum atomic E-state index is 12.4. The summed E-state index contributed by atoms with van der Waals surface area (Å²) in [6.07, 6.45) is 6.15. The Kier molecular flexibility index (Phi) is 4.98. The zero-order chi connectivity index (χ0) is 16.2. The first-order valence-electron chi connectivity index (χ1n) is 7.29. The lowest BCUT2D eigenvalue weighted by atomic mass is 10.1. The number of benzene rings is 1. The van der Waals surface area contributed by atoms with Gasteiger partial charge < -0.3 is 9.64 Å². The van der Waals surface area contributed by atoms with Gasteiger partial charge in [-0.05, 0) is 25.0 Å². The molecule has 1 unspecified atom stereocenters. The number of ether oxygens (including phenoxy) is 1. The quantitative estimate of drug-likeness (QED) is 0.849. The number of carbonyl (C=O) groups is 1. The van der Waals surface area contributed by atoms with Gasteiger partial charge in [-0.3, -0.25) is 4.79 Å². The number of nitrogens with zero attached hydrogens (tertiary/aromatic N) is 3. The van der Waals surface area contributed by atoms with Gasteiger partial charge >= 0.3 is 0 Å². The highest BCUT2D eigenvalue weighted by Crippen LogP contribution is 2.28. The molecule has 0 aliphatic carbocycles. The maximum absolute atomic E-state index is 12.4.